The van der Waals surface area contributed by atoms with Crippen molar-refractivity contribution in [1.29, 1.82) is 0 Å². The largest absolute Gasteiger partial charge is 0.362 e. The number of carbonyl (C=O) groups excluding carboxylic acids is 1. The van der Waals surface area contributed by atoms with Crippen molar-refractivity contribution in [1.82, 2.24) is 15.6 Å². The summed E-state index contributed by atoms with van der Waals surface area (Å²) in [6.07, 6.45) is 7.88. The van der Waals surface area contributed by atoms with Crippen LogP contribution in [0.15, 0.2) is 18.3 Å². The number of amides is 1. The maximum absolute atomic E-state index is 12.4. The smallest absolute Gasteiger partial charge is 0.237 e. The van der Waals surface area contributed by atoms with Gasteiger partial charge in [-0.05, 0) is 31.2 Å². The number of aromatic nitrogens is 1. The highest BCUT2D eigenvalue weighted by molar-refractivity contribution is 5.85. The van der Waals surface area contributed by atoms with Crippen molar-refractivity contribution in [2.24, 2.45) is 5.92 Å². The molecule has 5 nitrogen and oxygen atoms in total. The van der Waals surface area contributed by atoms with Crippen LogP contribution in [-0.2, 0) is 11.3 Å². The maximum atomic E-state index is 12.4. The van der Waals surface area contributed by atoms with Crippen LogP contribution >= 0.6 is 24.8 Å². The van der Waals surface area contributed by atoms with Gasteiger partial charge in [-0.15, -0.1) is 24.8 Å². The van der Waals surface area contributed by atoms with E-state index in [1.807, 2.05) is 31.1 Å². The van der Waals surface area contributed by atoms with Gasteiger partial charge in [0, 0.05) is 38.4 Å². The summed E-state index contributed by atoms with van der Waals surface area (Å²) in [5.41, 5.74) is 1.05. The zero-order valence-corrected chi connectivity index (χ0v) is 16.0. The minimum Gasteiger partial charge on any atom is -0.362 e. The van der Waals surface area contributed by atoms with Crippen LogP contribution in [0.1, 0.15) is 37.7 Å². The summed E-state index contributed by atoms with van der Waals surface area (Å²) in [6.45, 7) is 0.535. The molecule has 3 atom stereocenters. The lowest BCUT2D eigenvalue weighted by Crippen LogP contribution is -2.43. The van der Waals surface area contributed by atoms with Crippen LogP contribution in [0, 0.1) is 5.92 Å². The molecule has 1 aromatic heterocycles. The molecule has 1 saturated heterocycles. The third-order valence-corrected chi connectivity index (χ3v) is 4.92. The topological polar surface area (TPSA) is 57.3 Å². The molecule has 1 aliphatic carbocycles. The van der Waals surface area contributed by atoms with Crippen molar-refractivity contribution in [2.45, 2.75) is 50.7 Å². The molecule has 0 spiro atoms. The van der Waals surface area contributed by atoms with Gasteiger partial charge in [0.25, 0.3) is 0 Å². The Morgan fingerprint density at radius 1 is 1.33 bits per heavy atom. The van der Waals surface area contributed by atoms with Gasteiger partial charge in [0.15, 0.2) is 0 Å². The van der Waals surface area contributed by atoms with Crippen LogP contribution in [0.4, 0.5) is 5.82 Å². The summed E-state index contributed by atoms with van der Waals surface area (Å²) in [7, 11) is 3.94. The molecule has 1 aliphatic heterocycles. The molecule has 2 fully saturated rings. The highest BCUT2D eigenvalue weighted by Crippen LogP contribution is 2.33. The van der Waals surface area contributed by atoms with E-state index >= 15 is 0 Å². The molecule has 2 N–H and O–H groups in total. The third kappa shape index (κ3) is 4.74. The summed E-state index contributed by atoms with van der Waals surface area (Å²) in [4.78, 5) is 18.8. The van der Waals surface area contributed by atoms with E-state index in [0.717, 1.165) is 17.8 Å². The fraction of sp³-hybridized carbons (Fsp3) is 0.647. The van der Waals surface area contributed by atoms with Gasteiger partial charge in [-0.3, -0.25) is 4.79 Å². The highest BCUT2D eigenvalue weighted by atomic mass is 35.5. The van der Waals surface area contributed by atoms with Gasteiger partial charge in [0.05, 0.1) is 6.04 Å². The van der Waals surface area contributed by atoms with Crippen molar-refractivity contribution in [3.8, 4) is 0 Å². The molecule has 1 saturated carbocycles. The Hall–Kier alpha value is -1.04. The van der Waals surface area contributed by atoms with E-state index in [-0.39, 0.29) is 36.8 Å². The average Bonchev–Trinajstić information content (AvgIpc) is 2.97. The van der Waals surface area contributed by atoms with Crippen molar-refractivity contribution >= 4 is 36.5 Å². The lowest BCUT2D eigenvalue weighted by atomic mass is 9.85. The van der Waals surface area contributed by atoms with Gasteiger partial charge in [-0.2, -0.15) is 0 Å². The lowest BCUT2D eigenvalue weighted by molar-refractivity contribution is -0.123. The normalized spacial score (nSPS) is 25.0. The van der Waals surface area contributed by atoms with E-state index in [4.69, 9.17) is 0 Å². The van der Waals surface area contributed by atoms with Gasteiger partial charge < -0.3 is 15.5 Å². The van der Waals surface area contributed by atoms with Gasteiger partial charge in [0.2, 0.25) is 5.91 Å². The van der Waals surface area contributed by atoms with E-state index in [1.54, 1.807) is 6.20 Å². The van der Waals surface area contributed by atoms with Crippen LogP contribution in [-0.4, -0.2) is 37.1 Å². The summed E-state index contributed by atoms with van der Waals surface area (Å²) >= 11 is 0. The van der Waals surface area contributed by atoms with E-state index in [9.17, 15) is 4.79 Å². The van der Waals surface area contributed by atoms with Crippen LogP contribution < -0.4 is 15.5 Å². The van der Waals surface area contributed by atoms with Gasteiger partial charge in [-0.25, -0.2) is 4.98 Å². The number of pyridine rings is 1. The maximum Gasteiger partial charge on any atom is 0.237 e. The first-order valence-corrected chi connectivity index (χ1v) is 8.30. The van der Waals surface area contributed by atoms with E-state index in [0.29, 0.717) is 18.5 Å². The number of nitrogens with one attached hydrogen (secondary N) is 2. The summed E-state index contributed by atoms with van der Waals surface area (Å²) in [6, 6.07) is 4.47. The Morgan fingerprint density at radius 2 is 2.08 bits per heavy atom. The quantitative estimate of drug-likeness (QED) is 0.849. The number of rotatable bonds is 4. The Morgan fingerprint density at radius 3 is 2.79 bits per heavy atom. The van der Waals surface area contributed by atoms with E-state index in [1.165, 1.54) is 25.7 Å². The molecule has 1 amide bonds. The molecule has 136 valence electrons. The van der Waals surface area contributed by atoms with Crippen LogP contribution in [0.5, 0.6) is 0 Å². The molecular formula is C17H28Cl2N4O. The number of hydrogen-bond acceptors (Lipinski definition) is 4. The van der Waals surface area contributed by atoms with Crippen LogP contribution in [0.25, 0.3) is 0 Å². The number of hydrogen-bond donors (Lipinski definition) is 2. The van der Waals surface area contributed by atoms with Gasteiger partial charge >= 0.3 is 0 Å². The summed E-state index contributed by atoms with van der Waals surface area (Å²) < 4.78 is 0. The Balaban J connectivity index is 0.00000144. The minimum atomic E-state index is -0.0208. The molecule has 2 aliphatic rings. The van der Waals surface area contributed by atoms with Crippen molar-refractivity contribution in [3.05, 3.63) is 23.9 Å². The highest BCUT2D eigenvalue weighted by Gasteiger charge is 2.38. The molecule has 0 aromatic carbocycles. The molecule has 24 heavy (non-hydrogen) atoms. The Bertz CT molecular complexity index is 527. The number of halogens is 2. The first-order chi connectivity index (χ1) is 10.6. The standard InChI is InChI=1S/C17H26N4O.2ClH/c1-21(2)16-13(7-5-9-18-16)11-19-17(22)15-10-12-6-3-4-8-14(12)20-15;;/h5,7,9,12,14-15,20H,3-4,6,8,10-11H2,1-2H3,(H,19,22);2*1H. The molecule has 3 rings (SSSR count). The van der Waals surface area contributed by atoms with Crippen molar-refractivity contribution < 1.29 is 4.79 Å². The number of nitrogens with zero attached hydrogens (tertiary/aromatic N) is 2. The number of carbonyl (C=O) groups is 1. The molecular weight excluding hydrogens is 347 g/mol. The second-order valence-electron chi connectivity index (χ2n) is 6.70. The van der Waals surface area contributed by atoms with Crippen LogP contribution in [0.2, 0.25) is 0 Å². The zero-order valence-electron chi connectivity index (χ0n) is 14.3. The third-order valence-electron chi connectivity index (χ3n) is 4.92. The summed E-state index contributed by atoms with van der Waals surface area (Å²) in [5.74, 6) is 1.74. The molecule has 3 unspecified atom stereocenters. The van der Waals surface area contributed by atoms with Gasteiger partial charge in [-0.1, -0.05) is 18.9 Å². The number of anilines is 1. The molecule has 7 heteroatoms. The molecule has 2 heterocycles. The number of fused-ring (bicyclic) bond motifs is 1. The van der Waals surface area contributed by atoms with E-state index < -0.39 is 0 Å². The molecule has 1 aromatic rings. The predicted octanol–water partition coefficient (Wildman–Crippen LogP) is 2.53. The average molecular weight is 375 g/mol. The first kappa shape index (κ1) is 21.0. The SMILES string of the molecule is CN(C)c1ncccc1CNC(=O)C1CC2CCCCC2N1.Cl.Cl. The first-order valence-electron chi connectivity index (χ1n) is 8.30. The monoisotopic (exact) mass is 374 g/mol. The predicted molar refractivity (Wildman–Crippen MR) is 102 cm³/mol. The van der Waals surface area contributed by atoms with Crippen molar-refractivity contribution in [3.63, 3.8) is 0 Å². The second-order valence-corrected chi connectivity index (χ2v) is 6.70. The molecule has 0 bridgehead atoms. The second kappa shape index (κ2) is 9.44. The summed E-state index contributed by atoms with van der Waals surface area (Å²) in [5, 5.41) is 6.61. The zero-order chi connectivity index (χ0) is 15.5. The van der Waals surface area contributed by atoms with Crippen LogP contribution in [0.3, 0.4) is 0 Å². The lowest BCUT2D eigenvalue weighted by Gasteiger charge is -2.24. The van der Waals surface area contributed by atoms with Crippen molar-refractivity contribution in [2.75, 3.05) is 19.0 Å². The minimum absolute atomic E-state index is 0. The fourth-order valence-electron chi connectivity index (χ4n) is 3.80. The van der Waals surface area contributed by atoms with Gasteiger partial charge in [0.1, 0.15) is 5.82 Å². The van der Waals surface area contributed by atoms with E-state index in [2.05, 4.69) is 15.6 Å². The fourth-order valence-corrected chi connectivity index (χ4v) is 3.80. The Labute approximate surface area is 156 Å². The Kier molecular flexibility index (Phi) is 8.27. The molecule has 0 radical (unpaired) electrons.